The number of rotatable bonds is 2. The second kappa shape index (κ2) is 4.82. The van der Waals surface area contributed by atoms with Gasteiger partial charge in [0.25, 0.3) is 0 Å². The number of fused-ring (bicyclic) bond motifs is 3. The molecule has 0 amide bonds. The van der Waals surface area contributed by atoms with Gasteiger partial charge in [-0.1, -0.05) is 0 Å². The Kier molecular flexibility index (Phi) is 2.94. The van der Waals surface area contributed by atoms with Crippen molar-refractivity contribution in [3.8, 4) is 0 Å². The van der Waals surface area contributed by atoms with E-state index in [1.165, 1.54) is 0 Å². The monoisotopic (exact) mass is 286 g/mol. The first-order chi connectivity index (χ1) is 10.3. The van der Waals surface area contributed by atoms with Gasteiger partial charge in [0.15, 0.2) is 0 Å². The second-order valence-corrected chi connectivity index (χ2v) is 5.59. The SMILES string of the molecule is C[C@H](O)c1nc2cnc3[nH]ccc3c2n1C1CCOCC1. The Bertz CT molecular complexity index is 784. The van der Waals surface area contributed by atoms with E-state index in [9.17, 15) is 5.11 Å². The Balaban J connectivity index is 2.03. The second-order valence-electron chi connectivity index (χ2n) is 5.59. The van der Waals surface area contributed by atoms with Gasteiger partial charge in [0.2, 0.25) is 0 Å². The number of pyridine rings is 1. The smallest absolute Gasteiger partial charge is 0.139 e. The van der Waals surface area contributed by atoms with Gasteiger partial charge in [-0.2, -0.15) is 0 Å². The number of hydrogen-bond acceptors (Lipinski definition) is 4. The van der Waals surface area contributed by atoms with E-state index in [0.29, 0.717) is 11.9 Å². The van der Waals surface area contributed by atoms with E-state index in [1.807, 2.05) is 12.3 Å². The molecule has 1 aliphatic heterocycles. The van der Waals surface area contributed by atoms with Crippen LogP contribution in [-0.2, 0) is 4.74 Å². The Morgan fingerprint density at radius 2 is 2.24 bits per heavy atom. The molecule has 0 spiro atoms. The predicted octanol–water partition coefficient (Wildman–Crippen LogP) is 2.32. The van der Waals surface area contributed by atoms with Crippen LogP contribution in [0.2, 0.25) is 0 Å². The molecule has 21 heavy (non-hydrogen) atoms. The van der Waals surface area contributed by atoms with Gasteiger partial charge in [-0.3, -0.25) is 0 Å². The number of ether oxygens (including phenoxy) is 1. The van der Waals surface area contributed by atoms with Crippen molar-refractivity contribution in [3.05, 3.63) is 24.3 Å². The van der Waals surface area contributed by atoms with Gasteiger partial charge >= 0.3 is 0 Å². The Hall–Kier alpha value is -1.92. The molecule has 1 saturated heterocycles. The zero-order valence-electron chi connectivity index (χ0n) is 11.9. The van der Waals surface area contributed by atoms with Crippen LogP contribution in [0.5, 0.6) is 0 Å². The maximum atomic E-state index is 10.1. The molecular weight excluding hydrogens is 268 g/mol. The molecule has 0 radical (unpaired) electrons. The fraction of sp³-hybridized carbons (Fsp3) is 0.467. The Morgan fingerprint density at radius 1 is 1.43 bits per heavy atom. The van der Waals surface area contributed by atoms with Crippen LogP contribution in [0.15, 0.2) is 18.5 Å². The van der Waals surface area contributed by atoms with Crippen LogP contribution in [0.4, 0.5) is 0 Å². The van der Waals surface area contributed by atoms with Crippen LogP contribution in [0, 0.1) is 0 Å². The summed E-state index contributed by atoms with van der Waals surface area (Å²) in [6.07, 6.45) is 4.95. The summed E-state index contributed by atoms with van der Waals surface area (Å²) in [4.78, 5) is 12.1. The summed E-state index contributed by atoms with van der Waals surface area (Å²) in [7, 11) is 0. The molecule has 1 fully saturated rings. The highest BCUT2D eigenvalue weighted by atomic mass is 16.5. The van der Waals surface area contributed by atoms with Crippen molar-refractivity contribution >= 4 is 22.1 Å². The number of imidazole rings is 1. The molecule has 0 bridgehead atoms. The molecule has 3 aromatic heterocycles. The van der Waals surface area contributed by atoms with Gasteiger partial charge in [0.1, 0.15) is 23.1 Å². The first-order valence-electron chi connectivity index (χ1n) is 7.35. The molecule has 0 unspecified atom stereocenters. The van der Waals surface area contributed by atoms with Crippen molar-refractivity contribution < 1.29 is 9.84 Å². The molecule has 4 heterocycles. The summed E-state index contributed by atoms with van der Waals surface area (Å²) in [5.74, 6) is 0.715. The summed E-state index contributed by atoms with van der Waals surface area (Å²) in [6.45, 7) is 3.27. The molecule has 4 rings (SSSR count). The van der Waals surface area contributed by atoms with Crippen molar-refractivity contribution in [1.29, 1.82) is 0 Å². The lowest BCUT2D eigenvalue weighted by Gasteiger charge is -2.26. The number of H-pyrrole nitrogens is 1. The van der Waals surface area contributed by atoms with E-state index in [1.54, 1.807) is 13.1 Å². The molecule has 110 valence electrons. The van der Waals surface area contributed by atoms with Crippen LogP contribution in [0.3, 0.4) is 0 Å². The summed E-state index contributed by atoms with van der Waals surface area (Å²) < 4.78 is 7.66. The average molecular weight is 286 g/mol. The van der Waals surface area contributed by atoms with E-state index >= 15 is 0 Å². The van der Waals surface area contributed by atoms with E-state index in [0.717, 1.165) is 48.1 Å². The predicted molar refractivity (Wildman–Crippen MR) is 79.1 cm³/mol. The van der Waals surface area contributed by atoms with E-state index < -0.39 is 6.10 Å². The highest BCUT2D eigenvalue weighted by Crippen LogP contribution is 2.33. The fourth-order valence-corrected chi connectivity index (χ4v) is 3.22. The van der Waals surface area contributed by atoms with Gasteiger partial charge < -0.3 is 19.4 Å². The minimum atomic E-state index is -0.603. The zero-order valence-corrected chi connectivity index (χ0v) is 11.9. The van der Waals surface area contributed by atoms with Gasteiger partial charge in [0.05, 0.1) is 11.7 Å². The highest BCUT2D eigenvalue weighted by Gasteiger charge is 2.25. The Labute approximate surface area is 121 Å². The molecule has 0 aliphatic carbocycles. The zero-order chi connectivity index (χ0) is 14.4. The molecule has 1 atom stereocenters. The maximum Gasteiger partial charge on any atom is 0.139 e. The minimum absolute atomic E-state index is 0.314. The van der Waals surface area contributed by atoms with Crippen LogP contribution in [0.1, 0.15) is 37.7 Å². The molecule has 1 aliphatic rings. The Morgan fingerprint density at radius 3 is 3.00 bits per heavy atom. The lowest BCUT2D eigenvalue weighted by Crippen LogP contribution is -2.22. The lowest BCUT2D eigenvalue weighted by atomic mass is 10.1. The van der Waals surface area contributed by atoms with Crippen molar-refractivity contribution in [1.82, 2.24) is 19.5 Å². The van der Waals surface area contributed by atoms with Crippen LogP contribution in [-0.4, -0.2) is 37.8 Å². The normalized spacial score (nSPS) is 18.6. The largest absolute Gasteiger partial charge is 0.385 e. The first kappa shape index (κ1) is 12.8. The van der Waals surface area contributed by atoms with Gasteiger partial charge in [0, 0.05) is 30.8 Å². The summed E-state index contributed by atoms with van der Waals surface area (Å²) in [6, 6.07) is 2.34. The number of hydrogen-bond donors (Lipinski definition) is 2. The van der Waals surface area contributed by atoms with Gasteiger partial charge in [-0.15, -0.1) is 0 Å². The molecule has 6 nitrogen and oxygen atoms in total. The third-order valence-corrected chi connectivity index (χ3v) is 4.19. The van der Waals surface area contributed by atoms with E-state index in [4.69, 9.17) is 4.74 Å². The standard InChI is InChI=1S/C15H18N4O2/c1-9(20)15-18-12-8-17-14-11(2-5-16-14)13(12)19(15)10-3-6-21-7-4-10/h2,5,8-10,20H,3-4,6-7H2,1H3,(H,16,17)/t9-/m0/s1. The van der Waals surface area contributed by atoms with Crippen molar-refractivity contribution in [3.63, 3.8) is 0 Å². The topological polar surface area (TPSA) is 76.0 Å². The van der Waals surface area contributed by atoms with Crippen molar-refractivity contribution in [2.45, 2.75) is 31.9 Å². The van der Waals surface area contributed by atoms with Crippen molar-refractivity contribution in [2.24, 2.45) is 0 Å². The van der Waals surface area contributed by atoms with Gasteiger partial charge in [-0.25, -0.2) is 9.97 Å². The molecule has 3 aromatic rings. The van der Waals surface area contributed by atoms with E-state index in [2.05, 4.69) is 19.5 Å². The quantitative estimate of drug-likeness (QED) is 0.758. The molecular formula is C15H18N4O2. The molecule has 6 heteroatoms. The number of nitrogens with one attached hydrogen (secondary N) is 1. The number of aliphatic hydroxyl groups excluding tert-OH is 1. The van der Waals surface area contributed by atoms with E-state index in [-0.39, 0.29) is 0 Å². The number of nitrogens with zero attached hydrogens (tertiary/aromatic N) is 3. The minimum Gasteiger partial charge on any atom is -0.385 e. The van der Waals surface area contributed by atoms with Crippen LogP contribution in [0.25, 0.3) is 22.1 Å². The number of aliphatic hydroxyl groups is 1. The number of aromatic amines is 1. The van der Waals surface area contributed by atoms with Crippen LogP contribution >= 0.6 is 0 Å². The summed E-state index contributed by atoms with van der Waals surface area (Å²) in [5, 5.41) is 11.2. The summed E-state index contributed by atoms with van der Waals surface area (Å²) >= 11 is 0. The third-order valence-electron chi connectivity index (χ3n) is 4.19. The first-order valence-corrected chi connectivity index (χ1v) is 7.35. The van der Waals surface area contributed by atoms with Crippen molar-refractivity contribution in [2.75, 3.05) is 13.2 Å². The average Bonchev–Trinajstić information content (AvgIpc) is 3.11. The third kappa shape index (κ3) is 1.94. The number of aromatic nitrogens is 4. The fourth-order valence-electron chi connectivity index (χ4n) is 3.22. The van der Waals surface area contributed by atoms with Gasteiger partial charge in [-0.05, 0) is 25.8 Å². The molecule has 0 aromatic carbocycles. The highest BCUT2D eigenvalue weighted by molar-refractivity contribution is 6.01. The molecule has 0 saturated carbocycles. The molecule has 2 N–H and O–H groups in total. The maximum absolute atomic E-state index is 10.1. The lowest BCUT2D eigenvalue weighted by molar-refractivity contribution is 0.0671. The van der Waals surface area contributed by atoms with Crippen LogP contribution < -0.4 is 0 Å². The summed E-state index contributed by atoms with van der Waals surface area (Å²) in [5.41, 5.74) is 2.75.